The van der Waals surface area contributed by atoms with Crippen molar-refractivity contribution in [3.63, 3.8) is 0 Å². The molecule has 0 spiro atoms. The fourth-order valence-corrected chi connectivity index (χ4v) is 6.04. The number of phenolic OH excluding ortho intramolecular Hbond substituents is 1. The SMILES string of the molecule is CC(C)[C@@H]1C(=O)C(C(N)=O)=C(O)[C@@]2(O)C(=O)C3=C(O)c4c(O)ccc(CN(C)C)c4C[C@H]3C[C@@H]12. The largest absolute Gasteiger partial charge is 0.508 e. The summed E-state index contributed by atoms with van der Waals surface area (Å²) in [6.07, 6.45) is 0.416. The monoisotopic (exact) mass is 470 g/mol. The Morgan fingerprint density at radius 3 is 2.41 bits per heavy atom. The van der Waals surface area contributed by atoms with Crippen LogP contribution in [0.1, 0.15) is 37.0 Å². The second kappa shape index (κ2) is 7.95. The highest BCUT2D eigenvalue weighted by Gasteiger charge is 2.64. The summed E-state index contributed by atoms with van der Waals surface area (Å²) in [5.74, 6) is -7.49. The molecule has 1 aromatic rings. The highest BCUT2D eigenvalue weighted by Crippen LogP contribution is 2.54. The van der Waals surface area contributed by atoms with Gasteiger partial charge >= 0.3 is 0 Å². The van der Waals surface area contributed by atoms with Gasteiger partial charge in [0.25, 0.3) is 5.91 Å². The van der Waals surface area contributed by atoms with Crippen LogP contribution in [0.25, 0.3) is 5.76 Å². The third-order valence-corrected chi connectivity index (χ3v) is 7.44. The van der Waals surface area contributed by atoms with Gasteiger partial charge in [-0.15, -0.1) is 0 Å². The van der Waals surface area contributed by atoms with E-state index in [1.165, 1.54) is 6.07 Å². The maximum atomic E-state index is 13.7. The summed E-state index contributed by atoms with van der Waals surface area (Å²) < 4.78 is 0. The number of rotatable bonds is 4. The summed E-state index contributed by atoms with van der Waals surface area (Å²) in [4.78, 5) is 40.8. The van der Waals surface area contributed by atoms with E-state index in [1.807, 2.05) is 19.0 Å². The average molecular weight is 471 g/mol. The fourth-order valence-electron chi connectivity index (χ4n) is 6.04. The lowest BCUT2D eigenvalue weighted by Crippen LogP contribution is -2.62. The first-order valence-electron chi connectivity index (χ1n) is 11.3. The van der Waals surface area contributed by atoms with Crippen molar-refractivity contribution in [3.8, 4) is 5.75 Å². The van der Waals surface area contributed by atoms with Gasteiger partial charge in [-0.05, 0) is 56.0 Å². The van der Waals surface area contributed by atoms with E-state index in [1.54, 1.807) is 19.9 Å². The molecule has 0 radical (unpaired) electrons. The van der Waals surface area contributed by atoms with E-state index in [-0.39, 0.29) is 29.2 Å². The second-order valence-corrected chi connectivity index (χ2v) is 10.2. The lowest BCUT2D eigenvalue weighted by molar-refractivity contribution is -0.155. The lowest BCUT2D eigenvalue weighted by atomic mass is 9.54. The maximum Gasteiger partial charge on any atom is 0.255 e. The van der Waals surface area contributed by atoms with Gasteiger partial charge in [0.1, 0.15) is 22.8 Å². The smallest absolute Gasteiger partial charge is 0.255 e. The third-order valence-electron chi connectivity index (χ3n) is 7.44. The summed E-state index contributed by atoms with van der Waals surface area (Å²) in [5.41, 5.74) is 3.53. The van der Waals surface area contributed by atoms with Crippen LogP contribution in [0.2, 0.25) is 0 Å². The van der Waals surface area contributed by atoms with Gasteiger partial charge in [0.2, 0.25) is 5.78 Å². The molecule has 1 saturated carbocycles. The third kappa shape index (κ3) is 3.18. The van der Waals surface area contributed by atoms with Crippen LogP contribution in [0.3, 0.4) is 0 Å². The molecule has 1 amide bonds. The Bertz CT molecular complexity index is 1180. The number of carbonyl (C=O) groups excluding carboxylic acids is 3. The Morgan fingerprint density at radius 2 is 1.85 bits per heavy atom. The number of ketones is 2. The summed E-state index contributed by atoms with van der Waals surface area (Å²) in [7, 11) is 3.78. The maximum absolute atomic E-state index is 13.7. The summed E-state index contributed by atoms with van der Waals surface area (Å²) >= 11 is 0. The topological polar surface area (TPSA) is 161 Å². The molecule has 0 saturated heterocycles. The van der Waals surface area contributed by atoms with Gasteiger partial charge in [-0.1, -0.05) is 19.9 Å². The molecular weight excluding hydrogens is 440 g/mol. The van der Waals surface area contributed by atoms with Crippen molar-refractivity contribution in [3.05, 3.63) is 45.7 Å². The summed E-state index contributed by atoms with van der Waals surface area (Å²) in [5, 5.41) is 44.1. The first kappa shape index (κ1) is 24.0. The van der Waals surface area contributed by atoms with Crippen molar-refractivity contribution >= 4 is 23.2 Å². The van der Waals surface area contributed by atoms with E-state index in [0.29, 0.717) is 18.5 Å². The Kier molecular flexibility index (Phi) is 5.61. The Morgan fingerprint density at radius 1 is 1.21 bits per heavy atom. The number of carbonyl (C=O) groups is 3. The standard InChI is InChI=1S/C25H30N2O7/c1-10(2)16-14-8-12-7-13-11(9-27(3)4)5-6-15(28)18(13)21(30)17(12)22(31)25(14,34)23(32)19(20(16)29)24(26)33/h5-6,10,12,14,16,28,30,32,34H,7-9H2,1-4H3,(H2,26,33)/t12-,14-,16-,25-/m0/s1. The predicted molar refractivity (Wildman–Crippen MR) is 122 cm³/mol. The molecule has 0 bridgehead atoms. The highest BCUT2D eigenvalue weighted by molar-refractivity contribution is 6.23. The first-order valence-corrected chi connectivity index (χ1v) is 11.3. The molecule has 182 valence electrons. The fraction of sp³-hybridized carbons (Fsp3) is 0.480. The van der Waals surface area contributed by atoms with Crippen LogP contribution >= 0.6 is 0 Å². The molecular formula is C25H30N2O7. The highest BCUT2D eigenvalue weighted by atomic mass is 16.3. The van der Waals surface area contributed by atoms with Gasteiger partial charge < -0.3 is 31.1 Å². The minimum atomic E-state index is -2.58. The number of Topliss-reactive ketones (excluding diaryl/α,β-unsaturated/α-hetero) is 2. The molecule has 9 heteroatoms. The number of benzene rings is 1. The molecule has 4 atom stereocenters. The molecule has 3 aliphatic rings. The number of primary amides is 1. The zero-order chi connectivity index (χ0) is 25.3. The van der Waals surface area contributed by atoms with Crippen LogP contribution in [-0.2, 0) is 27.3 Å². The average Bonchev–Trinajstić information content (AvgIpc) is 2.72. The molecule has 6 N–H and O–H groups in total. The molecule has 0 aromatic heterocycles. The molecule has 4 rings (SSSR count). The van der Waals surface area contributed by atoms with Crippen LogP contribution in [0, 0.1) is 23.7 Å². The molecule has 1 aromatic carbocycles. The van der Waals surface area contributed by atoms with Crippen LogP contribution in [0.4, 0.5) is 0 Å². The molecule has 0 unspecified atom stereocenters. The van der Waals surface area contributed by atoms with Gasteiger partial charge in [-0.3, -0.25) is 14.4 Å². The van der Waals surface area contributed by atoms with E-state index < -0.39 is 57.9 Å². The number of fused-ring (bicyclic) bond motifs is 3. The minimum Gasteiger partial charge on any atom is -0.508 e. The normalized spacial score (nSPS) is 28.9. The number of phenols is 1. The zero-order valence-corrected chi connectivity index (χ0v) is 19.6. The summed E-state index contributed by atoms with van der Waals surface area (Å²) in [6.45, 7) is 4.01. The van der Waals surface area contributed by atoms with E-state index in [9.17, 15) is 34.8 Å². The van der Waals surface area contributed by atoms with E-state index in [2.05, 4.69) is 0 Å². The molecule has 3 aliphatic carbocycles. The van der Waals surface area contributed by atoms with Crippen LogP contribution in [0.15, 0.2) is 29.0 Å². The van der Waals surface area contributed by atoms with Gasteiger partial charge in [0.15, 0.2) is 11.4 Å². The van der Waals surface area contributed by atoms with Crippen molar-refractivity contribution < 1.29 is 34.8 Å². The number of nitrogens with two attached hydrogens (primary N) is 1. The number of hydrogen-bond acceptors (Lipinski definition) is 8. The second-order valence-electron chi connectivity index (χ2n) is 10.2. The number of aromatic hydroxyl groups is 1. The summed E-state index contributed by atoms with van der Waals surface area (Å²) in [6, 6.07) is 3.21. The lowest BCUT2D eigenvalue weighted by Gasteiger charge is -2.50. The number of nitrogens with zero attached hydrogens (tertiary/aromatic N) is 1. The first-order chi connectivity index (χ1) is 15.8. The van der Waals surface area contributed by atoms with Gasteiger partial charge in [0, 0.05) is 24.0 Å². The minimum absolute atomic E-state index is 0.114. The van der Waals surface area contributed by atoms with E-state index in [4.69, 9.17) is 5.73 Å². The van der Waals surface area contributed by atoms with Crippen LogP contribution in [-0.4, -0.2) is 62.5 Å². The van der Waals surface area contributed by atoms with Crippen LogP contribution in [0.5, 0.6) is 5.75 Å². The van der Waals surface area contributed by atoms with Crippen molar-refractivity contribution in [1.82, 2.24) is 4.90 Å². The van der Waals surface area contributed by atoms with Crippen molar-refractivity contribution in [2.45, 2.75) is 38.8 Å². The Labute approximate surface area is 197 Å². The molecule has 9 nitrogen and oxygen atoms in total. The van der Waals surface area contributed by atoms with Gasteiger partial charge in [-0.2, -0.15) is 0 Å². The van der Waals surface area contributed by atoms with E-state index in [0.717, 1.165) is 5.56 Å². The van der Waals surface area contributed by atoms with Crippen molar-refractivity contribution in [1.29, 1.82) is 0 Å². The quantitative estimate of drug-likeness (QED) is 0.412. The number of aliphatic hydroxyl groups excluding tert-OH is 2. The number of amides is 1. The molecule has 0 heterocycles. The molecule has 34 heavy (non-hydrogen) atoms. The zero-order valence-electron chi connectivity index (χ0n) is 19.6. The number of aliphatic hydroxyl groups is 3. The van der Waals surface area contributed by atoms with Crippen molar-refractivity contribution in [2.75, 3.05) is 14.1 Å². The number of hydrogen-bond donors (Lipinski definition) is 5. The van der Waals surface area contributed by atoms with E-state index >= 15 is 0 Å². The van der Waals surface area contributed by atoms with Crippen molar-refractivity contribution in [2.24, 2.45) is 29.4 Å². The van der Waals surface area contributed by atoms with Crippen LogP contribution < -0.4 is 5.73 Å². The Balaban J connectivity index is 1.96. The van der Waals surface area contributed by atoms with Gasteiger partial charge in [-0.25, -0.2) is 0 Å². The Hall–Kier alpha value is -3.17. The molecule has 1 fully saturated rings. The molecule has 0 aliphatic heterocycles. The van der Waals surface area contributed by atoms with Gasteiger partial charge in [0.05, 0.1) is 5.56 Å². The predicted octanol–water partition coefficient (Wildman–Crippen LogP) is 1.37.